The van der Waals surface area contributed by atoms with Gasteiger partial charge in [-0.05, 0) is 24.1 Å². The van der Waals surface area contributed by atoms with E-state index in [4.69, 9.17) is 4.74 Å². The summed E-state index contributed by atoms with van der Waals surface area (Å²) < 4.78 is 4.92. The Kier molecular flexibility index (Phi) is 7.54. The Morgan fingerprint density at radius 3 is 2.53 bits per heavy atom. The number of aryl methyl sites for hydroxylation is 1. The fourth-order valence-corrected chi connectivity index (χ4v) is 3.61. The second-order valence-electron chi connectivity index (χ2n) is 7.25. The van der Waals surface area contributed by atoms with Crippen molar-refractivity contribution in [2.45, 2.75) is 32.0 Å². The largest absolute Gasteiger partial charge is 0.467 e. The zero-order chi connectivity index (χ0) is 21.5. The summed E-state index contributed by atoms with van der Waals surface area (Å²) >= 11 is 4.31. The van der Waals surface area contributed by atoms with Crippen molar-refractivity contribution in [3.63, 3.8) is 0 Å². The quantitative estimate of drug-likeness (QED) is 0.314. The number of aromatic nitrogens is 1. The second kappa shape index (κ2) is 10.3. The maximum absolute atomic E-state index is 12.8. The van der Waals surface area contributed by atoms with Gasteiger partial charge in [0.25, 0.3) is 0 Å². The van der Waals surface area contributed by atoms with Crippen molar-refractivity contribution in [1.82, 2.24) is 15.6 Å². The van der Waals surface area contributed by atoms with Crippen molar-refractivity contribution in [2.75, 3.05) is 12.9 Å². The Labute approximate surface area is 181 Å². The SMILES string of the molecule is COC(=O)[C@H](Cc1c[nH]c2ccccc12)NC(=O)[C@@H](CS)NCc1ccc(C)cc1. The van der Waals surface area contributed by atoms with E-state index >= 15 is 0 Å². The first kappa shape index (κ1) is 21.9. The van der Waals surface area contributed by atoms with Crippen LogP contribution in [0.2, 0.25) is 0 Å². The van der Waals surface area contributed by atoms with Gasteiger partial charge in [0, 0.05) is 35.8 Å². The lowest BCUT2D eigenvalue weighted by atomic mass is 10.0. The van der Waals surface area contributed by atoms with E-state index in [0.29, 0.717) is 18.7 Å². The van der Waals surface area contributed by atoms with Gasteiger partial charge in [-0.25, -0.2) is 4.79 Å². The number of carbonyl (C=O) groups excluding carboxylic acids is 2. The van der Waals surface area contributed by atoms with Crippen molar-refractivity contribution in [2.24, 2.45) is 0 Å². The first-order valence-electron chi connectivity index (χ1n) is 9.84. The van der Waals surface area contributed by atoms with Crippen molar-refractivity contribution in [1.29, 1.82) is 0 Å². The molecule has 3 rings (SSSR count). The van der Waals surface area contributed by atoms with Crippen LogP contribution in [0.25, 0.3) is 10.9 Å². The highest BCUT2D eigenvalue weighted by molar-refractivity contribution is 7.80. The molecule has 0 fully saturated rings. The predicted molar refractivity (Wildman–Crippen MR) is 122 cm³/mol. The van der Waals surface area contributed by atoms with Crippen LogP contribution < -0.4 is 10.6 Å². The summed E-state index contributed by atoms with van der Waals surface area (Å²) in [6, 6.07) is 14.6. The van der Waals surface area contributed by atoms with Crippen LogP contribution in [0, 0.1) is 6.92 Å². The number of methoxy groups -OCH3 is 1. The number of hydrogen-bond donors (Lipinski definition) is 4. The molecule has 30 heavy (non-hydrogen) atoms. The fourth-order valence-electron chi connectivity index (χ4n) is 3.32. The van der Waals surface area contributed by atoms with Crippen molar-refractivity contribution >= 4 is 35.4 Å². The van der Waals surface area contributed by atoms with Gasteiger partial charge in [-0.15, -0.1) is 0 Å². The van der Waals surface area contributed by atoms with E-state index in [1.165, 1.54) is 12.7 Å². The molecule has 0 aliphatic carbocycles. The number of nitrogens with one attached hydrogen (secondary N) is 3. The topological polar surface area (TPSA) is 83.2 Å². The number of H-pyrrole nitrogens is 1. The van der Waals surface area contributed by atoms with E-state index in [2.05, 4.69) is 28.2 Å². The number of benzene rings is 2. The zero-order valence-corrected chi connectivity index (χ0v) is 18.0. The first-order valence-corrected chi connectivity index (χ1v) is 10.5. The molecule has 0 saturated carbocycles. The van der Waals surface area contributed by atoms with Gasteiger partial charge in [0.2, 0.25) is 5.91 Å². The lowest BCUT2D eigenvalue weighted by Crippen LogP contribution is -2.51. The van der Waals surface area contributed by atoms with Crippen LogP contribution in [-0.2, 0) is 27.3 Å². The molecular weight excluding hydrogens is 398 g/mol. The minimum atomic E-state index is -0.787. The Balaban J connectivity index is 1.67. The Morgan fingerprint density at radius 1 is 1.10 bits per heavy atom. The summed E-state index contributed by atoms with van der Waals surface area (Å²) in [7, 11) is 1.32. The van der Waals surface area contributed by atoms with Crippen LogP contribution in [0.15, 0.2) is 54.7 Å². The molecule has 0 spiro atoms. The van der Waals surface area contributed by atoms with Crippen LogP contribution in [0.1, 0.15) is 16.7 Å². The molecular formula is C23H27N3O3S. The molecule has 0 saturated heterocycles. The third-order valence-corrected chi connectivity index (χ3v) is 5.44. The van der Waals surface area contributed by atoms with Gasteiger partial charge in [-0.2, -0.15) is 12.6 Å². The molecule has 7 heteroatoms. The van der Waals surface area contributed by atoms with E-state index in [-0.39, 0.29) is 5.91 Å². The molecule has 6 nitrogen and oxygen atoms in total. The second-order valence-corrected chi connectivity index (χ2v) is 7.61. The smallest absolute Gasteiger partial charge is 0.328 e. The number of ether oxygens (including phenoxy) is 1. The lowest BCUT2D eigenvalue weighted by molar-refractivity contribution is -0.145. The molecule has 158 valence electrons. The molecule has 0 radical (unpaired) electrons. The number of carbonyl (C=O) groups is 2. The predicted octanol–water partition coefficient (Wildman–Crippen LogP) is 2.76. The highest BCUT2D eigenvalue weighted by atomic mass is 32.1. The third kappa shape index (κ3) is 5.43. The molecule has 3 aromatic rings. The number of fused-ring (bicyclic) bond motifs is 1. The van der Waals surface area contributed by atoms with Crippen LogP contribution in [-0.4, -0.2) is 41.8 Å². The summed E-state index contributed by atoms with van der Waals surface area (Å²) in [6.07, 6.45) is 2.19. The molecule has 3 N–H and O–H groups in total. The van der Waals surface area contributed by atoms with Gasteiger partial charge >= 0.3 is 5.97 Å². The number of esters is 1. The van der Waals surface area contributed by atoms with Crippen LogP contribution in [0.3, 0.4) is 0 Å². The molecule has 1 amide bonds. The van der Waals surface area contributed by atoms with E-state index in [0.717, 1.165) is 22.0 Å². The standard InChI is InChI=1S/C23H27N3O3S/c1-15-7-9-16(10-8-15)12-24-21(14-30)22(27)26-20(23(28)29-2)11-17-13-25-19-6-4-3-5-18(17)19/h3-10,13,20-21,24-25,30H,11-12,14H2,1-2H3,(H,26,27)/t20-,21+/m0/s1. The molecule has 2 atom stereocenters. The van der Waals surface area contributed by atoms with Gasteiger partial charge in [0.05, 0.1) is 13.2 Å². The molecule has 0 aliphatic heterocycles. The van der Waals surface area contributed by atoms with Crippen molar-refractivity contribution < 1.29 is 14.3 Å². The normalized spacial score (nSPS) is 13.0. The number of hydrogen-bond acceptors (Lipinski definition) is 5. The zero-order valence-electron chi connectivity index (χ0n) is 17.1. The molecule has 0 bridgehead atoms. The van der Waals surface area contributed by atoms with E-state index in [9.17, 15) is 9.59 Å². The van der Waals surface area contributed by atoms with Gasteiger partial charge in [0.15, 0.2) is 0 Å². The summed E-state index contributed by atoms with van der Waals surface area (Å²) in [5.74, 6) is -0.462. The summed E-state index contributed by atoms with van der Waals surface area (Å²) in [6.45, 7) is 2.56. The van der Waals surface area contributed by atoms with Gasteiger partial charge in [0.1, 0.15) is 6.04 Å². The molecule has 1 heterocycles. The highest BCUT2D eigenvalue weighted by Crippen LogP contribution is 2.19. The Morgan fingerprint density at radius 2 is 1.83 bits per heavy atom. The van der Waals surface area contributed by atoms with E-state index < -0.39 is 18.1 Å². The van der Waals surface area contributed by atoms with Gasteiger partial charge in [-0.3, -0.25) is 4.79 Å². The van der Waals surface area contributed by atoms with Gasteiger partial charge in [-0.1, -0.05) is 48.0 Å². The maximum Gasteiger partial charge on any atom is 0.328 e. The fraction of sp³-hybridized carbons (Fsp3) is 0.304. The van der Waals surface area contributed by atoms with Crippen LogP contribution in [0.5, 0.6) is 0 Å². The van der Waals surface area contributed by atoms with Crippen LogP contribution >= 0.6 is 12.6 Å². The monoisotopic (exact) mass is 425 g/mol. The number of rotatable bonds is 9. The average molecular weight is 426 g/mol. The minimum Gasteiger partial charge on any atom is -0.467 e. The Bertz CT molecular complexity index is 1000. The van der Waals surface area contributed by atoms with Crippen molar-refractivity contribution in [3.05, 3.63) is 71.4 Å². The Hall–Kier alpha value is -2.77. The summed E-state index contributed by atoms with van der Waals surface area (Å²) in [5, 5.41) is 7.05. The number of aromatic amines is 1. The molecule has 0 unspecified atom stereocenters. The van der Waals surface area contributed by atoms with E-state index in [1.807, 2.05) is 61.7 Å². The summed E-state index contributed by atoms with van der Waals surface area (Å²) in [4.78, 5) is 28.4. The average Bonchev–Trinajstić information content (AvgIpc) is 3.17. The van der Waals surface area contributed by atoms with Gasteiger partial charge < -0.3 is 20.4 Å². The molecule has 1 aromatic heterocycles. The molecule has 2 aromatic carbocycles. The highest BCUT2D eigenvalue weighted by Gasteiger charge is 2.26. The minimum absolute atomic E-state index is 0.285. The summed E-state index contributed by atoms with van der Waals surface area (Å²) in [5.41, 5.74) is 4.18. The number of thiol groups is 1. The number of para-hydroxylation sites is 1. The number of amides is 1. The lowest BCUT2D eigenvalue weighted by Gasteiger charge is -2.21. The van der Waals surface area contributed by atoms with Crippen molar-refractivity contribution in [3.8, 4) is 0 Å². The van der Waals surface area contributed by atoms with E-state index in [1.54, 1.807) is 0 Å². The van der Waals surface area contributed by atoms with Crippen LogP contribution in [0.4, 0.5) is 0 Å². The third-order valence-electron chi connectivity index (χ3n) is 5.07. The molecule has 0 aliphatic rings. The maximum atomic E-state index is 12.8. The first-order chi connectivity index (χ1) is 14.5.